The van der Waals surface area contributed by atoms with Gasteiger partial charge in [-0.15, -0.1) is 11.3 Å². The Morgan fingerprint density at radius 2 is 2.20 bits per heavy atom. The van der Waals surface area contributed by atoms with Crippen LogP contribution in [0, 0.1) is 0 Å². The lowest BCUT2D eigenvalue weighted by Crippen LogP contribution is -2.15. The molecule has 20 heavy (non-hydrogen) atoms. The van der Waals surface area contributed by atoms with E-state index < -0.39 is 0 Å². The second kappa shape index (κ2) is 5.40. The third-order valence-corrected chi connectivity index (χ3v) is 4.86. The van der Waals surface area contributed by atoms with Crippen LogP contribution in [0.25, 0.3) is 0 Å². The highest BCUT2D eigenvalue weighted by Crippen LogP contribution is 2.30. The molecule has 0 aromatic carbocycles. The summed E-state index contributed by atoms with van der Waals surface area (Å²) >= 11 is 1.64. The van der Waals surface area contributed by atoms with Crippen molar-refractivity contribution in [2.75, 3.05) is 5.32 Å². The molecule has 0 aliphatic heterocycles. The van der Waals surface area contributed by atoms with Crippen LogP contribution in [0.1, 0.15) is 52.8 Å². The molecule has 0 unspecified atom stereocenters. The third-order valence-electron chi connectivity index (χ3n) is 3.62. The summed E-state index contributed by atoms with van der Waals surface area (Å²) in [6.07, 6.45) is 6.44. The van der Waals surface area contributed by atoms with Gasteiger partial charge in [0.15, 0.2) is 0 Å². The first-order valence-corrected chi connectivity index (χ1v) is 7.93. The molecule has 1 N–H and O–H groups in total. The van der Waals surface area contributed by atoms with Gasteiger partial charge >= 0.3 is 0 Å². The van der Waals surface area contributed by atoms with E-state index in [4.69, 9.17) is 0 Å². The number of hydrogen-bond donors (Lipinski definition) is 1. The van der Waals surface area contributed by atoms with Crippen LogP contribution in [-0.4, -0.2) is 15.7 Å². The first-order valence-electron chi connectivity index (χ1n) is 7.11. The molecule has 1 aliphatic rings. The van der Waals surface area contributed by atoms with Gasteiger partial charge in [0.05, 0.1) is 11.1 Å². The minimum atomic E-state index is -0.0215. The molecule has 0 saturated carbocycles. The van der Waals surface area contributed by atoms with Crippen molar-refractivity contribution in [2.45, 2.75) is 45.6 Å². The van der Waals surface area contributed by atoms with Gasteiger partial charge in [0, 0.05) is 17.0 Å². The van der Waals surface area contributed by atoms with Crippen LogP contribution in [0.3, 0.4) is 0 Å². The van der Waals surface area contributed by atoms with Crippen LogP contribution in [0.4, 0.5) is 5.82 Å². The molecule has 3 rings (SSSR count). The van der Waals surface area contributed by atoms with E-state index in [1.165, 1.54) is 23.3 Å². The van der Waals surface area contributed by atoms with Crippen molar-refractivity contribution in [1.29, 1.82) is 0 Å². The molecule has 1 amide bonds. The van der Waals surface area contributed by atoms with Gasteiger partial charge in [-0.05, 0) is 51.2 Å². The Morgan fingerprint density at radius 1 is 1.40 bits per heavy atom. The number of rotatable bonds is 3. The minimum absolute atomic E-state index is 0.0215. The Hall–Kier alpha value is -1.62. The van der Waals surface area contributed by atoms with E-state index in [0.717, 1.165) is 23.5 Å². The smallest absolute Gasteiger partial charge is 0.266 e. The van der Waals surface area contributed by atoms with Gasteiger partial charge in [-0.2, -0.15) is 5.10 Å². The number of aromatic nitrogens is 2. The maximum atomic E-state index is 12.4. The molecule has 106 valence electrons. The number of carbonyl (C=O) groups is 1. The van der Waals surface area contributed by atoms with Gasteiger partial charge in [0.1, 0.15) is 5.82 Å². The number of nitrogens with zero attached hydrogens (tertiary/aromatic N) is 2. The number of carbonyl (C=O) groups excluding carboxylic acids is 1. The van der Waals surface area contributed by atoms with Gasteiger partial charge < -0.3 is 5.32 Å². The van der Waals surface area contributed by atoms with E-state index in [-0.39, 0.29) is 11.9 Å². The molecule has 0 atom stereocenters. The van der Waals surface area contributed by atoms with Crippen LogP contribution < -0.4 is 5.32 Å². The average molecular weight is 289 g/mol. The Kier molecular flexibility index (Phi) is 3.61. The lowest BCUT2D eigenvalue weighted by atomic mass is 9.99. The fourth-order valence-corrected chi connectivity index (χ4v) is 3.75. The van der Waals surface area contributed by atoms with E-state index in [2.05, 4.69) is 16.5 Å². The molecule has 0 saturated heterocycles. The van der Waals surface area contributed by atoms with Gasteiger partial charge in [0.25, 0.3) is 5.91 Å². The summed E-state index contributed by atoms with van der Waals surface area (Å²) in [7, 11) is 0. The highest BCUT2D eigenvalue weighted by molar-refractivity contribution is 7.14. The van der Waals surface area contributed by atoms with Crippen molar-refractivity contribution >= 4 is 23.1 Å². The van der Waals surface area contributed by atoms with E-state index in [0.29, 0.717) is 0 Å². The van der Waals surface area contributed by atoms with E-state index >= 15 is 0 Å². The number of hydrogen-bond acceptors (Lipinski definition) is 3. The van der Waals surface area contributed by atoms with Crippen LogP contribution in [0.5, 0.6) is 0 Å². The number of nitrogens with one attached hydrogen (secondary N) is 1. The van der Waals surface area contributed by atoms with E-state index in [9.17, 15) is 4.79 Å². The minimum Gasteiger partial charge on any atom is -0.306 e. The number of thiophene rings is 1. The molecule has 1 aliphatic carbocycles. The topological polar surface area (TPSA) is 46.9 Å². The number of aryl methyl sites for hydroxylation is 2. The summed E-state index contributed by atoms with van der Waals surface area (Å²) in [6.45, 7) is 4.10. The zero-order chi connectivity index (χ0) is 14.1. The van der Waals surface area contributed by atoms with Crippen molar-refractivity contribution in [3.63, 3.8) is 0 Å². The largest absolute Gasteiger partial charge is 0.306 e. The van der Waals surface area contributed by atoms with Gasteiger partial charge in [-0.25, -0.2) is 4.68 Å². The number of fused-ring (bicyclic) bond motifs is 1. The highest BCUT2D eigenvalue weighted by Gasteiger charge is 2.18. The number of amides is 1. The van der Waals surface area contributed by atoms with Crippen molar-refractivity contribution in [2.24, 2.45) is 0 Å². The first kappa shape index (κ1) is 13.4. The first-order chi connectivity index (χ1) is 9.65. The molecule has 2 heterocycles. The molecular weight excluding hydrogens is 270 g/mol. The van der Waals surface area contributed by atoms with Crippen LogP contribution in [0.2, 0.25) is 0 Å². The summed E-state index contributed by atoms with van der Waals surface area (Å²) in [6, 6.07) is 4.13. The molecule has 0 bridgehead atoms. The van der Waals surface area contributed by atoms with Crippen LogP contribution >= 0.6 is 11.3 Å². The monoisotopic (exact) mass is 289 g/mol. The quantitative estimate of drug-likeness (QED) is 0.937. The molecule has 0 spiro atoms. The highest BCUT2D eigenvalue weighted by atomic mass is 32.1. The molecular formula is C15H19N3OS. The Balaban J connectivity index is 1.79. The second-order valence-corrected chi connectivity index (χ2v) is 6.61. The van der Waals surface area contributed by atoms with Crippen molar-refractivity contribution in [3.05, 3.63) is 33.6 Å². The predicted molar refractivity (Wildman–Crippen MR) is 81.5 cm³/mol. The Labute approximate surface area is 122 Å². The standard InChI is InChI=1S/C15H19N3OS/c1-10(2)18-14(7-8-16-18)17-15(19)13-9-11-5-3-4-6-12(11)20-13/h7-10H,3-6H2,1-2H3,(H,17,19). The molecule has 2 aromatic rings. The zero-order valence-electron chi connectivity index (χ0n) is 11.8. The molecule has 0 radical (unpaired) electrons. The second-order valence-electron chi connectivity index (χ2n) is 5.48. The van der Waals surface area contributed by atoms with E-state index in [1.807, 2.05) is 24.6 Å². The van der Waals surface area contributed by atoms with E-state index in [1.54, 1.807) is 17.5 Å². The predicted octanol–water partition coefficient (Wildman–Crippen LogP) is 3.66. The van der Waals surface area contributed by atoms with Crippen molar-refractivity contribution in [1.82, 2.24) is 9.78 Å². The zero-order valence-corrected chi connectivity index (χ0v) is 12.7. The fraction of sp³-hybridized carbons (Fsp3) is 0.467. The maximum absolute atomic E-state index is 12.4. The maximum Gasteiger partial charge on any atom is 0.266 e. The molecule has 4 nitrogen and oxygen atoms in total. The van der Waals surface area contributed by atoms with Crippen molar-refractivity contribution in [3.8, 4) is 0 Å². The normalized spacial score (nSPS) is 14.3. The van der Waals surface area contributed by atoms with Crippen LogP contribution in [0.15, 0.2) is 18.3 Å². The lowest BCUT2D eigenvalue weighted by Gasteiger charge is -2.11. The van der Waals surface area contributed by atoms with Gasteiger partial charge in [-0.1, -0.05) is 0 Å². The van der Waals surface area contributed by atoms with Crippen molar-refractivity contribution < 1.29 is 4.79 Å². The lowest BCUT2D eigenvalue weighted by molar-refractivity contribution is 0.102. The summed E-state index contributed by atoms with van der Waals surface area (Å²) in [5.74, 6) is 0.739. The Bertz CT molecular complexity index is 603. The fourth-order valence-electron chi connectivity index (χ4n) is 2.61. The third kappa shape index (κ3) is 2.50. The molecule has 0 fully saturated rings. The van der Waals surface area contributed by atoms with Crippen LogP contribution in [-0.2, 0) is 12.8 Å². The van der Waals surface area contributed by atoms with Gasteiger partial charge in [-0.3, -0.25) is 4.79 Å². The average Bonchev–Trinajstić information content (AvgIpc) is 3.03. The van der Waals surface area contributed by atoms with Gasteiger partial charge in [0.2, 0.25) is 0 Å². The summed E-state index contributed by atoms with van der Waals surface area (Å²) in [5, 5.41) is 7.20. The Morgan fingerprint density at radius 3 is 2.95 bits per heavy atom. The molecule has 5 heteroatoms. The SMILES string of the molecule is CC(C)n1nccc1NC(=O)c1cc2c(s1)CCCC2. The molecule has 2 aromatic heterocycles. The summed E-state index contributed by atoms with van der Waals surface area (Å²) in [4.78, 5) is 14.6. The summed E-state index contributed by atoms with van der Waals surface area (Å²) < 4.78 is 1.82. The number of anilines is 1. The summed E-state index contributed by atoms with van der Waals surface area (Å²) in [5.41, 5.74) is 1.36.